The highest BCUT2D eigenvalue weighted by Gasteiger charge is 2.28. The Hall–Kier alpha value is -2.91. The van der Waals surface area contributed by atoms with Crippen LogP contribution in [0.1, 0.15) is 37.0 Å². The second-order valence-electron chi connectivity index (χ2n) is 7.57. The number of ether oxygens (including phenoxy) is 1. The van der Waals surface area contributed by atoms with E-state index in [0.717, 1.165) is 12.8 Å². The van der Waals surface area contributed by atoms with Gasteiger partial charge in [0, 0.05) is 23.0 Å². The summed E-state index contributed by atoms with van der Waals surface area (Å²) in [6, 6.07) is 12.4. The molecule has 0 aliphatic heterocycles. The summed E-state index contributed by atoms with van der Waals surface area (Å²) < 4.78 is 32.1. The van der Waals surface area contributed by atoms with Gasteiger partial charge < -0.3 is 10.1 Å². The van der Waals surface area contributed by atoms with Gasteiger partial charge in [-0.25, -0.2) is 17.9 Å². The number of benzene rings is 2. The van der Waals surface area contributed by atoms with Crippen LogP contribution in [0.2, 0.25) is 0 Å². The summed E-state index contributed by atoms with van der Waals surface area (Å²) in [5.41, 5.74) is 1.28. The van der Waals surface area contributed by atoms with E-state index in [1.165, 1.54) is 24.3 Å². The predicted octanol–water partition coefficient (Wildman–Crippen LogP) is 3.58. The molecule has 1 fully saturated rings. The lowest BCUT2D eigenvalue weighted by Gasteiger charge is -2.11. The maximum absolute atomic E-state index is 12.5. The maximum Gasteiger partial charge on any atom is 0.411 e. The Labute approximate surface area is 176 Å². The molecule has 8 nitrogen and oxygen atoms in total. The smallest absolute Gasteiger partial charge is 0.411 e. The summed E-state index contributed by atoms with van der Waals surface area (Å²) in [5.74, 6) is -0.166. The fourth-order valence-corrected chi connectivity index (χ4v) is 3.85. The van der Waals surface area contributed by atoms with E-state index < -0.39 is 22.0 Å². The van der Waals surface area contributed by atoms with Crippen LogP contribution < -0.4 is 15.4 Å². The Morgan fingerprint density at radius 3 is 2.27 bits per heavy atom. The quantitative estimate of drug-likeness (QED) is 0.591. The molecule has 2 amide bonds. The highest BCUT2D eigenvalue weighted by molar-refractivity contribution is 7.89. The van der Waals surface area contributed by atoms with Gasteiger partial charge in [-0.3, -0.25) is 10.1 Å². The van der Waals surface area contributed by atoms with E-state index in [4.69, 9.17) is 4.74 Å². The molecule has 0 heterocycles. The minimum atomic E-state index is -3.56. The molecule has 2 aromatic carbocycles. The summed E-state index contributed by atoms with van der Waals surface area (Å²) in [6.45, 7) is 4.19. The molecule has 0 atom stereocenters. The van der Waals surface area contributed by atoms with Crippen molar-refractivity contribution < 1.29 is 22.7 Å². The first-order valence-corrected chi connectivity index (χ1v) is 11.2. The van der Waals surface area contributed by atoms with Crippen LogP contribution >= 0.6 is 0 Å². The average Bonchev–Trinajstić information content (AvgIpc) is 3.50. The van der Waals surface area contributed by atoms with E-state index in [1.54, 1.807) is 24.3 Å². The molecule has 160 valence electrons. The van der Waals surface area contributed by atoms with E-state index in [-0.39, 0.29) is 16.9 Å². The molecule has 1 saturated carbocycles. The van der Waals surface area contributed by atoms with Gasteiger partial charge in [-0.15, -0.1) is 0 Å². The molecule has 0 aromatic heterocycles. The van der Waals surface area contributed by atoms with E-state index >= 15 is 0 Å². The minimum absolute atomic E-state index is 0.0153. The van der Waals surface area contributed by atoms with Crippen molar-refractivity contribution in [2.24, 2.45) is 5.92 Å². The molecule has 30 heavy (non-hydrogen) atoms. The molecule has 0 saturated heterocycles. The second kappa shape index (κ2) is 9.27. The number of amides is 2. The topological polar surface area (TPSA) is 114 Å². The van der Waals surface area contributed by atoms with Gasteiger partial charge in [0.25, 0.3) is 5.91 Å². The van der Waals surface area contributed by atoms with Crippen molar-refractivity contribution in [3.05, 3.63) is 54.1 Å². The molecule has 0 spiro atoms. The van der Waals surface area contributed by atoms with E-state index in [0.29, 0.717) is 23.5 Å². The molecule has 1 aliphatic carbocycles. The zero-order valence-electron chi connectivity index (χ0n) is 16.8. The summed E-state index contributed by atoms with van der Waals surface area (Å²) in [6.07, 6.45) is 1.13. The average molecular weight is 432 g/mol. The van der Waals surface area contributed by atoms with Crippen LogP contribution in [-0.2, 0) is 14.8 Å². The van der Waals surface area contributed by atoms with Crippen molar-refractivity contribution >= 4 is 33.4 Å². The van der Waals surface area contributed by atoms with Gasteiger partial charge in [0.15, 0.2) is 0 Å². The fraction of sp³-hybridized carbons (Fsp3) is 0.333. The summed E-state index contributed by atoms with van der Waals surface area (Å²) in [5, 5.41) is 5.34. The molecule has 2 aromatic rings. The molecular weight excluding hydrogens is 406 g/mol. The largest absolute Gasteiger partial charge is 0.449 e. The molecular formula is C21H25N3O5S. The van der Waals surface area contributed by atoms with Gasteiger partial charge >= 0.3 is 6.09 Å². The first kappa shape index (κ1) is 21.8. The van der Waals surface area contributed by atoms with Crippen LogP contribution in [0.3, 0.4) is 0 Å². The summed E-state index contributed by atoms with van der Waals surface area (Å²) >= 11 is 0. The van der Waals surface area contributed by atoms with Gasteiger partial charge in [-0.2, -0.15) is 0 Å². The number of carbonyl (C=O) groups excluding carboxylic acids is 2. The van der Waals surface area contributed by atoms with Crippen molar-refractivity contribution in [2.75, 3.05) is 17.2 Å². The first-order chi connectivity index (χ1) is 14.2. The summed E-state index contributed by atoms with van der Waals surface area (Å²) in [4.78, 5) is 24.4. The van der Waals surface area contributed by atoms with Gasteiger partial charge in [0.1, 0.15) is 0 Å². The van der Waals surface area contributed by atoms with Crippen LogP contribution in [0.5, 0.6) is 0 Å². The third-order valence-electron chi connectivity index (χ3n) is 4.24. The lowest BCUT2D eigenvalue weighted by molar-refractivity contribution is 0.102. The van der Waals surface area contributed by atoms with Crippen molar-refractivity contribution in [2.45, 2.75) is 37.6 Å². The van der Waals surface area contributed by atoms with Gasteiger partial charge in [-0.1, -0.05) is 19.9 Å². The zero-order chi connectivity index (χ0) is 21.7. The highest BCUT2D eigenvalue weighted by atomic mass is 32.2. The first-order valence-electron chi connectivity index (χ1n) is 9.70. The van der Waals surface area contributed by atoms with Gasteiger partial charge in [-0.05, 0) is 61.2 Å². The van der Waals surface area contributed by atoms with E-state index in [2.05, 4.69) is 15.4 Å². The van der Waals surface area contributed by atoms with Crippen molar-refractivity contribution in [1.82, 2.24) is 4.72 Å². The second-order valence-corrected chi connectivity index (χ2v) is 9.29. The standard InChI is InChI=1S/C21H25N3O5S/c1-14(2)13-29-21(26)23-18-5-3-4-17(12-18)22-20(25)15-6-10-19(11-7-15)30(27,28)24-16-8-9-16/h3-7,10-12,14,16,24H,8-9,13H2,1-2H3,(H,22,25)(H,23,26). The Morgan fingerprint density at radius 2 is 1.67 bits per heavy atom. The lowest BCUT2D eigenvalue weighted by Crippen LogP contribution is -2.25. The van der Waals surface area contributed by atoms with Crippen LogP contribution in [0.4, 0.5) is 16.2 Å². The van der Waals surface area contributed by atoms with Crippen molar-refractivity contribution in [1.29, 1.82) is 0 Å². The molecule has 3 N–H and O–H groups in total. The number of sulfonamides is 1. The number of carbonyl (C=O) groups is 2. The van der Waals surface area contributed by atoms with Crippen LogP contribution in [0, 0.1) is 5.92 Å². The minimum Gasteiger partial charge on any atom is -0.449 e. The normalized spacial score (nSPS) is 13.7. The Kier molecular flexibility index (Phi) is 6.73. The Morgan fingerprint density at radius 1 is 1.03 bits per heavy atom. The third-order valence-corrected chi connectivity index (χ3v) is 5.78. The Bertz CT molecular complexity index is 1020. The van der Waals surface area contributed by atoms with Crippen LogP contribution in [-0.4, -0.2) is 33.1 Å². The number of nitrogens with one attached hydrogen (secondary N) is 3. The maximum atomic E-state index is 12.5. The highest BCUT2D eigenvalue weighted by Crippen LogP contribution is 2.22. The van der Waals surface area contributed by atoms with Gasteiger partial charge in [0.05, 0.1) is 11.5 Å². The molecule has 0 radical (unpaired) electrons. The van der Waals surface area contributed by atoms with Crippen LogP contribution in [0.25, 0.3) is 0 Å². The summed E-state index contributed by atoms with van der Waals surface area (Å²) in [7, 11) is -3.56. The zero-order valence-corrected chi connectivity index (χ0v) is 17.7. The predicted molar refractivity (Wildman–Crippen MR) is 114 cm³/mol. The van der Waals surface area contributed by atoms with E-state index in [9.17, 15) is 18.0 Å². The van der Waals surface area contributed by atoms with Crippen molar-refractivity contribution in [3.63, 3.8) is 0 Å². The van der Waals surface area contributed by atoms with Gasteiger partial charge in [0.2, 0.25) is 10.0 Å². The number of hydrogen-bond donors (Lipinski definition) is 3. The third kappa shape index (κ3) is 6.30. The fourth-order valence-electron chi connectivity index (χ4n) is 2.55. The SMILES string of the molecule is CC(C)COC(=O)Nc1cccc(NC(=O)c2ccc(S(=O)(=O)NC3CC3)cc2)c1. The van der Waals surface area contributed by atoms with E-state index in [1.807, 2.05) is 13.8 Å². The van der Waals surface area contributed by atoms with Crippen molar-refractivity contribution in [3.8, 4) is 0 Å². The lowest BCUT2D eigenvalue weighted by atomic mass is 10.2. The molecule has 3 rings (SSSR count). The number of rotatable bonds is 8. The van der Waals surface area contributed by atoms with Crippen LogP contribution in [0.15, 0.2) is 53.4 Å². The molecule has 1 aliphatic rings. The monoisotopic (exact) mass is 431 g/mol. The molecule has 0 unspecified atom stereocenters. The molecule has 9 heteroatoms. The Balaban J connectivity index is 1.61. The number of hydrogen-bond acceptors (Lipinski definition) is 5. The molecule has 0 bridgehead atoms. The number of anilines is 2.